The molecule has 1 saturated carbocycles. The van der Waals surface area contributed by atoms with Gasteiger partial charge >= 0.3 is 0 Å². The van der Waals surface area contributed by atoms with Crippen LogP contribution in [0, 0.1) is 5.92 Å². The lowest BCUT2D eigenvalue weighted by Crippen LogP contribution is -2.45. The van der Waals surface area contributed by atoms with Crippen LogP contribution in [-0.2, 0) is 6.42 Å². The normalized spacial score (nSPS) is 28.8. The molecule has 1 aliphatic carbocycles. The van der Waals surface area contributed by atoms with Gasteiger partial charge in [-0.3, -0.25) is 5.01 Å². The van der Waals surface area contributed by atoms with Gasteiger partial charge in [0, 0.05) is 40.6 Å². The van der Waals surface area contributed by atoms with Gasteiger partial charge in [-0.1, -0.05) is 0 Å². The highest BCUT2D eigenvalue weighted by molar-refractivity contribution is 7.99. The van der Waals surface area contributed by atoms with Crippen LogP contribution in [0.25, 0.3) is 0 Å². The molecule has 0 saturated heterocycles. The third kappa shape index (κ3) is 3.58. The van der Waals surface area contributed by atoms with Crippen molar-refractivity contribution in [1.82, 2.24) is 9.99 Å². The Morgan fingerprint density at radius 3 is 2.73 bits per heavy atom. The first-order chi connectivity index (χ1) is 12.4. The maximum atomic E-state index is 6.10. The SMILES string of the molecule is CC(C)(C)N1N=C(C2CCC(N)CC2)CC1Nc1nccc2c1CCS2. The summed E-state index contributed by atoms with van der Waals surface area (Å²) in [5, 5.41) is 11.1. The highest BCUT2D eigenvalue weighted by atomic mass is 32.2. The smallest absolute Gasteiger partial charge is 0.131 e. The van der Waals surface area contributed by atoms with Gasteiger partial charge in [0.05, 0.1) is 5.54 Å². The topological polar surface area (TPSA) is 66.5 Å². The third-order valence-corrected chi connectivity index (χ3v) is 6.89. The molecule has 6 heteroatoms. The fourth-order valence-electron chi connectivity index (χ4n) is 4.36. The Hall–Kier alpha value is -1.27. The van der Waals surface area contributed by atoms with Crippen LogP contribution in [0.1, 0.15) is 58.4 Å². The largest absolute Gasteiger partial charge is 0.348 e. The maximum Gasteiger partial charge on any atom is 0.131 e. The molecular formula is C20H31N5S. The molecule has 1 unspecified atom stereocenters. The average molecular weight is 374 g/mol. The predicted molar refractivity (Wildman–Crippen MR) is 110 cm³/mol. The third-order valence-electron chi connectivity index (χ3n) is 5.79. The number of aromatic nitrogens is 1. The van der Waals surface area contributed by atoms with Crippen molar-refractivity contribution in [3.05, 3.63) is 17.8 Å². The lowest BCUT2D eigenvalue weighted by molar-refractivity contribution is 0.117. The molecule has 5 nitrogen and oxygen atoms in total. The van der Waals surface area contributed by atoms with Gasteiger partial charge in [-0.15, -0.1) is 11.8 Å². The first kappa shape index (κ1) is 18.1. The molecule has 0 amide bonds. The Morgan fingerprint density at radius 1 is 1.23 bits per heavy atom. The molecule has 142 valence electrons. The van der Waals surface area contributed by atoms with Crippen molar-refractivity contribution in [3.8, 4) is 0 Å². The molecule has 1 fully saturated rings. The molecular weight excluding hydrogens is 342 g/mol. The lowest BCUT2D eigenvalue weighted by Gasteiger charge is -2.36. The Kier molecular flexibility index (Phi) is 4.90. The number of nitrogens with one attached hydrogen (secondary N) is 1. The van der Waals surface area contributed by atoms with Crippen molar-refractivity contribution in [2.45, 2.75) is 81.9 Å². The second kappa shape index (κ2) is 7.04. The fraction of sp³-hybridized carbons (Fsp3) is 0.700. The minimum atomic E-state index is -0.0167. The zero-order valence-electron chi connectivity index (χ0n) is 16.2. The van der Waals surface area contributed by atoms with Gasteiger partial charge in [0.25, 0.3) is 0 Å². The second-order valence-corrected chi connectivity index (χ2v) is 9.95. The summed E-state index contributed by atoms with van der Waals surface area (Å²) in [5.74, 6) is 2.80. The molecule has 0 aromatic carbocycles. The van der Waals surface area contributed by atoms with E-state index in [2.05, 4.69) is 42.1 Å². The maximum absolute atomic E-state index is 6.10. The zero-order valence-corrected chi connectivity index (χ0v) is 17.0. The van der Waals surface area contributed by atoms with Crippen LogP contribution in [0.3, 0.4) is 0 Å². The number of hydrazone groups is 1. The van der Waals surface area contributed by atoms with Gasteiger partial charge < -0.3 is 11.1 Å². The summed E-state index contributed by atoms with van der Waals surface area (Å²) in [7, 11) is 0. The summed E-state index contributed by atoms with van der Waals surface area (Å²) in [4.78, 5) is 6.04. The molecule has 0 spiro atoms. The lowest BCUT2D eigenvalue weighted by atomic mass is 9.82. The second-order valence-electron chi connectivity index (χ2n) is 8.82. The van der Waals surface area contributed by atoms with Crippen LogP contribution in [0.4, 0.5) is 5.82 Å². The fourth-order valence-corrected chi connectivity index (χ4v) is 5.42. The van der Waals surface area contributed by atoms with Crippen molar-refractivity contribution in [3.63, 3.8) is 0 Å². The minimum absolute atomic E-state index is 0.0167. The summed E-state index contributed by atoms with van der Waals surface area (Å²) >= 11 is 1.94. The first-order valence-electron chi connectivity index (χ1n) is 9.91. The highest BCUT2D eigenvalue weighted by Gasteiger charge is 2.38. The Bertz CT molecular complexity index is 688. The number of nitrogens with two attached hydrogens (primary N) is 1. The van der Waals surface area contributed by atoms with E-state index in [0.717, 1.165) is 37.3 Å². The van der Waals surface area contributed by atoms with E-state index < -0.39 is 0 Å². The van der Waals surface area contributed by atoms with E-state index in [1.807, 2.05) is 18.0 Å². The number of hydrogen-bond donors (Lipinski definition) is 2. The van der Waals surface area contributed by atoms with Crippen LogP contribution in [0.2, 0.25) is 0 Å². The zero-order chi connectivity index (χ0) is 18.3. The van der Waals surface area contributed by atoms with Crippen molar-refractivity contribution in [1.29, 1.82) is 0 Å². The van der Waals surface area contributed by atoms with Crippen LogP contribution in [-0.4, -0.2) is 39.2 Å². The van der Waals surface area contributed by atoms with E-state index in [-0.39, 0.29) is 11.7 Å². The number of nitrogens with zero attached hydrogens (tertiary/aromatic N) is 3. The summed E-state index contributed by atoms with van der Waals surface area (Å²) < 4.78 is 0. The first-order valence-corrected chi connectivity index (χ1v) is 10.9. The van der Waals surface area contributed by atoms with Gasteiger partial charge in [-0.2, -0.15) is 5.10 Å². The van der Waals surface area contributed by atoms with E-state index >= 15 is 0 Å². The van der Waals surface area contributed by atoms with Gasteiger partial charge in [-0.05, 0) is 64.9 Å². The molecule has 26 heavy (non-hydrogen) atoms. The monoisotopic (exact) mass is 373 g/mol. The van der Waals surface area contributed by atoms with Gasteiger partial charge in [0.2, 0.25) is 0 Å². The predicted octanol–water partition coefficient (Wildman–Crippen LogP) is 3.85. The van der Waals surface area contributed by atoms with Gasteiger partial charge in [0.15, 0.2) is 0 Å². The van der Waals surface area contributed by atoms with Crippen LogP contribution < -0.4 is 11.1 Å². The van der Waals surface area contributed by atoms with Gasteiger partial charge in [0.1, 0.15) is 12.0 Å². The molecule has 3 aliphatic rings. The number of fused-ring (bicyclic) bond motifs is 1. The van der Waals surface area contributed by atoms with Crippen LogP contribution >= 0.6 is 11.8 Å². The molecule has 0 radical (unpaired) electrons. The standard InChI is InChI=1S/C20H31N5S/c1-20(2,3)25-18(12-16(24-25)13-4-6-14(21)7-5-13)23-19-15-9-11-26-17(15)8-10-22-19/h8,10,13-14,18H,4-7,9,11-12,21H2,1-3H3,(H,22,23). The van der Waals surface area contributed by atoms with Crippen LogP contribution in [0.5, 0.6) is 0 Å². The summed E-state index contributed by atoms with van der Waals surface area (Å²) in [6.07, 6.45) is 8.82. The quantitative estimate of drug-likeness (QED) is 0.842. The van der Waals surface area contributed by atoms with E-state index in [9.17, 15) is 0 Å². The molecule has 4 rings (SSSR count). The van der Waals surface area contributed by atoms with Crippen molar-refractivity contribution in [2.24, 2.45) is 16.8 Å². The number of hydrogen-bond acceptors (Lipinski definition) is 6. The Balaban J connectivity index is 1.53. The van der Waals surface area contributed by atoms with Crippen LogP contribution in [0.15, 0.2) is 22.3 Å². The minimum Gasteiger partial charge on any atom is -0.348 e. The average Bonchev–Trinajstić information content (AvgIpc) is 3.22. The molecule has 1 aromatic rings. The summed E-state index contributed by atoms with van der Waals surface area (Å²) in [5.41, 5.74) is 8.82. The van der Waals surface area contributed by atoms with E-state index in [1.165, 1.54) is 29.0 Å². The van der Waals surface area contributed by atoms with Gasteiger partial charge in [-0.25, -0.2) is 4.98 Å². The van der Waals surface area contributed by atoms with Crippen molar-refractivity contribution < 1.29 is 0 Å². The molecule has 3 N–H and O–H groups in total. The summed E-state index contributed by atoms with van der Waals surface area (Å²) in [6, 6.07) is 2.52. The number of anilines is 1. The Morgan fingerprint density at radius 2 is 2.00 bits per heavy atom. The van der Waals surface area contributed by atoms with Crippen molar-refractivity contribution in [2.75, 3.05) is 11.1 Å². The van der Waals surface area contributed by atoms with Crippen molar-refractivity contribution >= 4 is 23.3 Å². The molecule has 1 aromatic heterocycles. The molecule has 0 bridgehead atoms. The highest BCUT2D eigenvalue weighted by Crippen LogP contribution is 2.37. The molecule has 3 heterocycles. The van der Waals surface area contributed by atoms with E-state index in [1.54, 1.807) is 0 Å². The van der Waals surface area contributed by atoms with E-state index in [0.29, 0.717) is 12.0 Å². The Labute approximate surface area is 161 Å². The molecule has 1 atom stereocenters. The molecule has 2 aliphatic heterocycles. The summed E-state index contributed by atoms with van der Waals surface area (Å²) in [6.45, 7) is 6.72. The number of rotatable bonds is 3. The number of thioether (sulfide) groups is 1. The van der Waals surface area contributed by atoms with E-state index in [4.69, 9.17) is 10.8 Å². The number of pyridine rings is 1.